The highest BCUT2D eigenvalue weighted by Crippen LogP contribution is 2.07. The average Bonchev–Trinajstić information content (AvgIpc) is 1.90. The SMILES string of the molecule is ON[SiH]1CCCCO1. The molecule has 1 fully saturated rings. The highest BCUT2D eigenvalue weighted by Gasteiger charge is 2.13. The van der Waals surface area contributed by atoms with Crippen LogP contribution in [0.4, 0.5) is 0 Å². The molecule has 0 aliphatic carbocycles. The highest BCUT2D eigenvalue weighted by molar-refractivity contribution is 6.48. The first-order chi connectivity index (χ1) is 3.93. The second-order valence-electron chi connectivity index (χ2n) is 1.98. The monoisotopic (exact) mass is 133 g/mol. The van der Waals surface area contributed by atoms with E-state index in [4.69, 9.17) is 9.63 Å². The zero-order valence-corrected chi connectivity index (χ0v) is 5.92. The molecule has 1 saturated heterocycles. The van der Waals surface area contributed by atoms with Crippen LogP contribution in [0.25, 0.3) is 0 Å². The van der Waals surface area contributed by atoms with Gasteiger partial charge in [0.25, 0.3) is 9.20 Å². The van der Waals surface area contributed by atoms with Gasteiger partial charge < -0.3 is 9.63 Å². The Morgan fingerprint density at radius 3 is 2.75 bits per heavy atom. The second-order valence-corrected chi connectivity index (χ2v) is 4.13. The lowest BCUT2D eigenvalue weighted by Crippen LogP contribution is -2.36. The van der Waals surface area contributed by atoms with E-state index >= 15 is 0 Å². The first-order valence-corrected chi connectivity index (χ1v) is 4.81. The smallest absolute Gasteiger partial charge is 0.275 e. The third-order valence-corrected chi connectivity index (χ3v) is 3.18. The Hall–Kier alpha value is 0.0969. The number of nitrogens with one attached hydrogen (secondary N) is 1. The van der Waals surface area contributed by atoms with Gasteiger partial charge in [-0.2, -0.15) is 0 Å². The van der Waals surface area contributed by atoms with Crippen molar-refractivity contribution in [1.82, 2.24) is 5.15 Å². The van der Waals surface area contributed by atoms with Crippen LogP contribution in [0.1, 0.15) is 12.8 Å². The third-order valence-electron chi connectivity index (χ3n) is 1.32. The number of rotatable bonds is 1. The Bertz CT molecular complexity index is 65.1. The molecule has 1 aliphatic rings. The number of hydrogen-bond donors (Lipinski definition) is 2. The van der Waals surface area contributed by atoms with Gasteiger partial charge in [-0.3, -0.25) is 0 Å². The quantitative estimate of drug-likeness (QED) is 0.390. The van der Waals surface area contributed by atoms with Crippen LogP contribution in [0.5, 0.6) is 0 Å². The van der Waals surface area contributed by atoms with Crippen LogP contribution in [-0.2, 0) is 4.43 Å². The summed E-state index contributed by atoms with van der Waals surface area (Å²) in [5, 5.41) is 10.6. The van der Waals surface area contributed by atoms with Gasteiger partial charge >= 0.3 is 0 Å². The van der Waals surface area contributed by atoms with Crippen molar-refractivity contribution in [2.24, 2.45) is 0 Å². The molecule has 1 heterocycles. The van der Waals surface area contributed by atoms with Gasteiger partial charge in [0, 0.05) is 6.61 Å². The lowest BCUT2D eigenvalue weighted by molar-refractivity contribution is 0.182. The van der Waals surface area contributed by atoms with Crippen molar-refractivity contribution in [2.45, 2.75) is 18.9 Å². The van der Waals surface area contributed by atoms with Crippen LogP contribution in [0, 0.1) is 0 Å². The van der Waals surface area contributed by atoms with Crippen LogP contribution >= 0.6 is 0 Å². The van der Waals surface area contributed by atoms with Gasteiger partial charge in [-0.25, -0.2) is 5.15 Å². The summed E-state index contributed by atoms with van der Waals surface area (Å²) in [6, 6.07) is 1.07. The molecule has 48 valence electrons. The van der Waals surface area contributed by atoms with Crippen molar-refractivity contribution in [2.75, 3.05) is 6.61 Å². The molecule has 1 unspecified atom stereocenters. The van der Waals surface area contributed by atoms with Crippen molar-refractivity contribution in [3.05, 3.63) is 0 Å². The summed E-state index contributed by atoms with van der Waals surface area (Å²) < 4.78 is 5.20. The fourth-order valence-corrected chi connectivity index (χ4v) is 2.32. The van der Waals surface area contributed by atoms with Crippen LogP contribution in [0.15, 0.2) is 0 Å². The average molecular weight is 133 g/mol. The van der Waals surface area contributed by atoms with Crippen LogP contribution < -0.4 is 5.15 Å². The lowest BCUT2D eigenvalue weighted by Gasteiger charge is -2.18. The molecule has 1 aliphatic heterocycles. The zero-order chi connectivity index (χ0) is 5.82. The number of hydrogen-bond acceptors (Lipinski definition) is 3. The zero-order valence-electron chi connectivity index (χ0n) is 4.76. The molecular weight excluding hydrogens is 122 g/mol. The van der Waals surface area contributed by atoms with E-state index in [0.717, 1.165) is 19.1 Å². The molecule has 3 nitrogen and oxygen atoms in total. The molecule has 0 saturated carbocycles. The third kappa shape index (κ3) is 1.55. The van der Waals surface area contributed by atoms with E-state index in [2.05, 4.69) is 5.15 Å². The van der Waals surface area contributed by atoms with Crippen molar-refractivity contribution in [3.8, 4) is 0 Å². The van der Waals surface area contributed by atoms with Crippen molar-refractivity contribution < 1.29 is 9.63 Å². The van der Waals surface area contributed by atoms with Crippen molar-refractivity contribution >= 4 is 9.20 Å². The van der Waals surface area contributed by atoms with E-state index in [0.29, 0.717) is 0 Å². The van der Waals surface area contributed by atoms with Crippen LogP contribution in [-0.4, -0.2) is 21.0 Å². The molecule has 4 heteroatoms. The summed E-state index contributed by atoms with van der Waals surface area (Å²) >= 11 is 0. The van der Waals surface area contributed by atoms with Gasteiger partial charge in [-0.05, 0) is 12.5 Å². The second kappa shape index (κ2) is 3.19. The maximum Gasteiger partial charge on any atom is 0.275 e. The molecule has 1 rings (SSSR count). The molecule has 0 amide bonds. The van der Waals surface area contributed by atoms with Gasteiger partial charge in [0.2, 0.25) is 0 Å². The van der Waals surface area contributed by atoms with E-state index in [9.17, 15) is 0 Å². The minimum absolute atomic E-state index is 0.838. The fraction of sp³-hybridized carbons (Fsp3) is 1.00. The Kier molecular flexibility index (Phi) is 2.48. The summed E-state index contributed by atoms with van der Waals surface area (Å²) in [5.74, 6) is 0. The first kappa shape index (κ1) is 6.22. The Labute approximate surface area is 50.4 Å². The molecule has 0 bridgehead atoms. The normalized spacial score (nSPS) is 30.4. The summed E-state index contributed by atoms with van der Waals surface area (Å²) in [5.41, 5.74) is 0. The van der Waals surface area contributed by atoms with Crippen LogP contribution in [0.3, 0.4) is 0 Å². The van der Waals surface area contributed by atoms with E-state index in [1.165, 1.54) is 6.42 Å². The predicted octanol–water partition coefficient (Wildman–Crippen LogP) is -0.00390. The van der Waals surface area contributed by atoms with Gasteiger partial charge in [0.05, 0.1) is 0 Å². The molecular formula is C4H11NO2Si. The van der Waals surface area contributed by atoms with Crippen molar-refractivity contribution in [3.63, 3.8) is 0 Å². The topological polar surface area (TPSA) is 41.5 Å². The van der Waals surface area contributed by atoms with Gasteiger partial charge in [-0.15, -0.1) is 0 Å². The molecule has 2 N–H and O–H groups in total. The highest BCUT2D eigenvalue weighted by atomic mass is 28.3. The summed E-state index contributed by atoms with van der Waals surface area (Å²) in [6.45, 7) is 0.838. The van der Waals surface area contributed by atoms with Gasteiger partial charge in [0.1, 0.15) is 0 Å². The standard InChI is InChI=1S/C4H11NO2Si/c6-5-8-4-2-1-3-7-8/h5-6,8H,1-4H2. The minimum atomic E-state index is -1.30. The Morgan fingerprint density at radius 1 is 1.50 bits per heavy atom. The predicted molar refractivity (Wildman–Crippen MR) is 32.1 cm³/mol. The fourth-order valence-electron chi connectivity index (χ4n) is 0.843. The van der Waals surface area contributed by atoms with E-state index < -0.39 is 9.20 Å². The van der Waals surface area contributed by atoms with Gasteiger partial charge in [0.15, 0.2) is 0 Å². The maximum atomic E-state index is 8.38. The first-order valence-electron chi connectivity index (χ1n) is 2.94. The summed E-state index contributed by atoms with van der Waals surface area (Å²) in [7, 11) is -1.30. The molecule has 8 heavy (non-hydrogen) atoms. The van der Waals surface area contributed by atoms with E-state index in [1.54, 1.807) is 0 Å². The lowest BCUT2D eigenvalue weighted by atomic mass is 10.4. The molecule has 0 aromatic rings. The van der Waals surface area contributed by atoms with Crippen molar-refractivity contribution in [1.29, 1.82) is 0 Å². The molecule has 0 spiro atoms. The summed E-state index contributed by atoms with van der Waals surface area (Å²) in [4.78, 5) is 0. The Balaban J connectivity index is 2.13. The minimum Gasteiger partial charge on any atom is -0.404 e. The van der Waals surface area contributed by atoms with Crippen LogP contribution in [0.2, 0.25) is 6.04 Å². The molecule has 1 atom stereocenters. The van der Waals surface area contributed by atoms with Gasteiger partial charge in [-0.1, -0.05) is 6.42 Å². The largest absolute Gasteiger partial charge is 0.404 e. The maximum absolute atomic E-state index is 8.38. The molecule has 0 aromatic carbocycles. The van der Waals surface area contributed by atoms with E-state index in [1.807, 2.05) is 0 Å². The van der Waals surface area contributed by atoms with E-state index in [-0.39, 0.29) is 0 Å². The Morgan fingerprint density at radius 2 is 2.38 bits per heavy atom. The summed E-state index contributed by atoms with van der Waals surface area (Å²) in [6.07, 6.45) is 2.37. The molecule has 0 radical (unpaired) electrons. The molecule has 0 aromatic heterocycles.